The van der Waals surface area contributed by atoms with Crippen LogP contribution in [-0.4, -0.2) is 70.6 Å². The number of aliphatic hydroxyl groups is 2. The van der Waals surface area contributed by atoms with E-state index in [1.54, 1.807) is 31.2 Å². The van der Waals surface area contributed by atoms with Crippen LogP contribution in [0.4, 0.5) is 4.79 Å². The predicted molar refractivity (Wildman–Crippen MR) is 229 cm³/mol. The summed E-state index contributed by atoms with van der Waals surface area (Å²) in [6.07, 6.45) is -6.14. The highest BCUT2D eigenvalue weighted by atomic mass is 28.4. The minimum atomic E-state index is -3.47. The van der Waals surface area contributed by atoms with E-state index in [1.165, 1.54) is 0 Å². The first kappa shape index (κ1) is 42.2. The van der Waals surface area contributed by atoms with E-state index in [0.29, 0.717) is 5.56 Å². The van der Waals surface area contributed by atoms with Gasteiger partial charge in [0.15, 0.2) is 0 Å². The number of ether oxygens (including phenoxy) is 3. The summed E-state index contributed by atoms with van der Waals surface area (Å²) in [6, 6.07) is 49.3. The van der Waals surface area contributed by atoms with E-state index in [9.17, 15) is 15.0 Å². The molecule has 5 aromatic rings. The topological polar surface area (TPSA) is 104 Å². The quantitative estimate of drug-likeness (QED) is 0.107. The first-order valence-electron chi connectivity index (χ1n) is 19.7. The number of aliphatic hydroxyl groups excluding tert-OH is 1. The third-order valence-corrected chi connectivity index (χ3v) is 21.0. The third-order valence-electron chi connectivity index (χ3n) is 11.0. The molecule has 5 atom stereocenters. The summed E-state index contributed by atoms with van der Waals surface area (Å²) in [5.74, 6) is -2.23. The molecule has 0 amide bonds. The number of hydrogen-bond donors (Lipinski definition) is 2. The van der Waals surface area contributed by atoms with Crippen molar-refractivity contribution in [2.24, 2.45) is 0 Å². The summed E-state index contributed by atoms with van der Waals surface area (Å²) < 4.78 is 33.1. The van der Waals surface area contributed by atoms with Crippen molar-refractivity contribution >= 4 is 43.5 Å². The first-order valence-corrected chi connectivity index (χ1v) is 23.5. The van der Waals surface area contributed by atoms with Crippen molar-refractivity contribution in [2.45, 2.75) is 88.7 Å². The Hall–Kier alpha value is -4.40. The average Bonchev–Trinajstić information content (AvgIpc) is 3.21. The molecule has 10 heteroatoms. The van der Waals surface area contributed by atoms with Gasteiger partial charge in [-0.1, -0.05) is 193 Å². The number of carbonyl (C=O) groups excluding carboxylic acids is 1. The summed E-state index contributed by atoms with van der Waals surface area (Å²) in [6.45, 7) is 14.3. The molecule has 1 heterocycles. The van der Waals surface area contributed by atoms with Gasteiger partial charge in [-0.25, -0.2) is 4.79 Å². The highest BCUT2D eigenvalue weighted by Gasteiger charge is 2.63. The summed E-state index contributed by atoms with van der Waals surface area (Å²) in [7, 11) is -6.88. The van der Waals surface area contributed by atoms with Crippen LogP contribution in [0.15, 0.2) is 152 Å². The Morgan fingerprint density at radius 2 is 0.982 bits per heavy atom. The molecule has 1 fully saturated rings. The van der Waals surface area contributed by atoms with Crippen molar-refractivity contribution < 1.29 is 38.1 Å². The highest BCUT2D eigenvalue weighted by Crippen LogP contribution is 2.47. The Balaban J connectivity index is 1.61. The van der Waals surface area contributed by atoms with Gasteiger partial charge in [-0.2, -0.15) is 0 Å². The van der Waals surface area contributed by atoms with Gasteiger partial charge in [-0.05, 0) is 37.7 Å². The normalized spacial score (nSPS) is 21.8. The number of rotatable bonds is 12. The molecule has 300 valence electrons. The maximum absolute atomic E-state index is 13.3. The molecule has 6 rings (SSSR count). The first-order chi connectivity index (χ1) is 27.2. The Kier molecular flexibility index (Phi) is 12.8. The number of carbonyl (C=O) groups is 1. The van der Waals surface area contributed by atoms with E-state index in [4.69, 9.17) is 23.1 Å². The van der Waals surface area contributed by atoms with Crippen LogP contribution < -0.4 is 20.7 Å². The Morgan fingerprint density at radius 3 is 1.35 bits per heavy atom. The van der Waals surface area contributed by atoms with Crippen LogP contribution >= 0.6 is 0 Å². The second kappa shape index (κ2) is 17.2. The minimum absolute atomic E-state index is 0.108. The van der Waals surface area contributed by atoms with Crippen LogP contribution in [-0.2, 0) is 28.8 Å². The van der Waals surface area contributed by atoms with Crippen LogP contribution in [0, 0.1) is 0 Å². The predicted octanol–water partition coefficient (Wildman–Crippen LogP) is 6.65. The fourth-order valence-corrected chi connectivity index (χ4v) is 17.8. The number of hydrogen-bond acceptors (Lipinski definition) is 8. The minimum Gasteiger partial charge on any atom is -0.435 e. The second-order valence-electron chi connectivity index (χ2n) is 16.7. The zero-order valence-corrected chi connectivity index (χ0v) is 36.0. The van der Waals surface area contributed by atoms with Gasteiger partial charge >= 0.3 is 6.16 Å². The second-order valence-corrected chi connectivity index (χ2v) is 25.2. The molecule has 0 spiro atoms. The van der Waals surface area contributed by atoms with Gasteiger partial charge in [-0.3, -0.25) is 0 Å². The maximum atomic E-state index is 13.3. The van der Waals surface area contributed by atoms with Crippen LogP contribution in [0.5, 0.6) is 0 Å². The molecular weight excluding hydrogens is 749 g/mol. The maximum Gasteiger partial charge on any atom is 0.508 e. The summed E-state index contributed by atoms with van der Waals surface area (Å²) >= 11 is 0. The van der Waals surface area contributed by atoms with Gasteiger partial charge < -0.3 is 33.3 Å². The van der Waals surface area contributed by atoms with Crippen molar-refractivity contribution in [1.29, 1.82) is 0 Å². The van der Waals surface area contributed by atoms with Crippen LogP contribution in [0.1, 0.15) is 54.0 Å². The monoisotopic (exact) mass is 804 g/mol. The summed E-state index contributed by atoms with van der Waals surface area (Å²) in [5, 5.41) is 29.4. The molecule has 5 aromatic carbocycles. The molecule has 0 unspecified atom stereocenters. The molecule has 0 aliphatic carbocycles. The fourth-order valence-electron chi connectivity index (χ4n) is 8.41. The Bertz CT molecular complexity index is 1940. The molecule has 1 aliphatic rings. The van der Waals surface area contributed by atoms with Crippen molar-refractivity contribution in [2.75, 3.05) is 13.2 Å². The molecule has 0 saturated carbocycles. The van der Waals surface area contributed by atoms with Gasteiger partial charge in [0.25, 0.3) is 16.6 Å². The van der Waals surface area contributed by atoms with Gasteiger partial charge in [0.1, 0.15) is 31.0 Å². The Morgan fingerprint density at radius 1 is 0.614 bits per heavy atom. The van der Waals surface area contributed by atoms with Crippen molar-refractivity contribution in [1.82, 2.24) is 0 Å². The standard InChI is InChI=1S/C47H56O8Si2/c1-8-51-44(49)52-34-40-42(54-56(45(2,3)4,36-26-16-10-17-27-36)37-28-18-11-19-29-37)41(48)43(47(50,53-40)35-24-14-9-15-25-35)55-57(46(5,6)7,38-30-20-12-21-31-38)39-32-22-13-23-33-39/h9-33,40-43,48,50H,8,34H2,1-7H3/t40-,41+,42-,43-,47-/m1/s1. The van der Waals surface area contributed by atoms with Crippen LogP contribution in [0.25, 0.3) is 0 Å². The molecule has 1 aliphatic heterocycles. The van der Waals surface area contributed by atoms with E-state index in [2.05, 4.69) is 90.1 Å². The molecule has 57 heavy (non-hydrogen) atoms. The Labute approximate surface area is 339 Å². The molecule has 0 aromatic heterocycles. The molecule has 0 radical (unpaired) electrons. The van der Waals surface area contributed by atoms with Crippen molar-refractivity contribution in [3.63, 3.8) is 0 Å². The van der Waals surface area contributed by atoms with Crippen molar-refractivity contribution in [3.8, 4) is 0 Å². The van der Waals surface area contributed by atoms with E-state index in [0.717, 1.165) is 20.7 Å². The van der Waals surface area contributed by atoms with Gasteiger partial charge in [0, 0.05) is 5.56 Å². The van der Waals surface area contributed by atoms with E-state index < -0.39 is 63.1 Å². The van der Waals surface area contributed by atoms with E-state index in [1.807, 2.05) is 78.9 Å². The highest BCUT2D eigenvalue weighted by molar-refractivity contribution is 7.00. The van der Waals surface area contributed by atoms with Crippen LogP contribution in [0.3, 0.4) is 0 Å². The van der Waals surface area contributed by atoms with Gasteiger partial charge in [0.05, 0.1) is 6.61 Å². The molecule has 1 saturated heterocycles. The lowest BCUT2D eigenvalue weighted by Gasteiger charge is -2.55. The number of benzene rings is 5. The van der Waals surface area contributed by atoms with Crippen LogP contribution in [0.2, 0.25) is 10.1 Å². The summed E-state index contributed by atoms with van der Waals surface area (Å²) in [5.41, 5.74) is 0.372. The average molecular weight is 805 g/mol. The molecular formula is C47H56O8Si2. The largest absolute Gasteiger partial charge is 0.508 e. The molecule has 8 nitrogen and oxygen atoms in total. The lowest BCUT2D eigenvalue weighted by atomic mass is 9.88. The molecule has 0 bridgehead atoms. The van der Waals surface area contributed by atoms with E-state index in [-0.39, 0.29) is 13.2 Å². The summed E-state index contributed by atoms with van der Waals surface area (Å²) in [4.78, 5) is 12.8. The fraction of sp³-hybridized carbons (Fsp3) is 0.340. The van der Waals surface area contributed by atoms with Crippen molar-refractivity contribution in [3.05, 3.63) is 157 Å². The molecule has 2 N–H and O–H groups in total. The zero-order valence-electron chi connectivity index (χ0n) is 34.0. The zero-order chi connectivity index (χ0) is 40.9. The lowest BCUT2D eigenvalue weighted by Crippen LogP contribution is -2.76. The third kappa shape index (κ3) is 8.18. The van der Waals surface area contributed by atoms with Gasteiger partial charge in [0.2, 0.25) is 5.79 Å². The SMILES string of the molecule is CCOC(=O)OC[C@H]1O[C@](O)(c2ccccc2)[C@H](O[Si](c2ccccc2)(c2ccccc2)C(C)(C)C)[C@@H](O)[C@@H]1O[Si](c1ccccc1)(c1ccccc1)C(C)(C)C. The van der Waals surface area contributed by atoms with E-state index >= 15 is 0 Å². The van der Waals surface area contributed by atoms with Gasteiger partial charge in [-0.15, -0.1) is 0 Å². The lowest BCUT2D eigenvalue weighted by molar-refractivity contribution is -0.351. The smallest absolute Gasteiger partial charge is 0.435 e.